The minimum Gasteiger partial charge on any atom is -0.370 e. The molecule has 0 aliphatic carbocycles. The maximum atomic E-state index is 5.94. The van der Waals surface area contributed by atoms with Crippen molar-refractivity contribution >= 4 is 11.6 Å². The van der Waals surface area contributed by atoms with Crippen molar-refractivity contribution in [3.63, 3.8) is 0 Å². The van der Waals surface area contributed by atoms with Crippen LogP contribution in [0, 0.1) is 12.8 Å². The zero-order chi connectivity index (χ0) is 14.4. The molecule has 1 aromatic carbocycles. The standard InChI is InChI=1S/C16H26N4/c1-3-9-20-10-8-14(12-20)11-18-16(17)19-15-6-4-13(2)5-7-15/h4-7,14H,3,8-12H2,1-2H3,(H3,17,18,19). The molecule has 0 radical (unpaired) electrons. The molecule has 0 bridgehead atoms. The van der Waals surface area contributed by atoms with Crippen LogP contribution in [0.1, 0.15) is 25.3 Å². The highest BCUT2D eigenvalue weighted by Gasteiger charge is 2.21. The van der Waals surface area contributed by atoms with Gasteiger partial charge in [-0.2, -0.15) is 0 Å². The van der Waals surface area contributed by atoms with Gasteiger partial charge in [0.2, 0.25) is 0 Å². The van der Waals surface area contributed by atoms with Crippen molar-refractivity contribution in [3.8, 4) is 0 Å². The second kappa shape index (κ2) is 7.29. The van der Waals surface area contributed by atoms with E-state index in [2.05, 4.69) is 41.2 Å². The van der Waals surface area contributed by atoms with E-state index in [-0.39, 0.29) is 0 Å². The molecule has 1 saturated heterocycles. The zero-order valence-corrected chi connectivity index (χ0v) is 12.6. The van der Waals surface area contributed by atoms with Gasteiger partial charge in [-0.1, -0.05) is 24.6 Å². The van der Waals surface area contributed by atoms with Crippen LogP contribution in [0.25, 0.3) is 0 Å². The van der Waals surface area contributed by atoms with Crippen LogP contribution in [-0.4, -0.2) is 37.0 Å². The number of aryl methyl sites for hydroxylation is 1. The molecule has 3 N–H and O–H groups in total. The Morgan fingerprint density at radius 1 is 1.40 bits per heavy atom. The van der Waals surface area contributed by atoms with Crippen LogP contribution in [0.4, 0.5) is 5.69 Å². The van der Waals surface area contributed by atoms with Crippen molar-refractivity contribution in [1.82, 2.24) is 4.90 Å². The zero-order valence-electron chi connectivity index (χ0n) is 12.6. The van der Waals surface area contributed by atoms with Crippen LogP contribution in [0.5, 0.6) is 0 Å². The molecule has 2 rings (SSSR count). The number of guanidine groups is 1. The Balaban J connectivity index is 1.78. The lowest BCUT2D eigenvalue weighted by molar-refractivity contribution is 0.326. The van der Waals surface area contributed by atoms with E-state index in [9.17, 15) is 0 Å². The van der Waals surface area contributed by atoms with Gasteiger partial charge in [0.15, 0.2) is 5.96 Å². The van der Waals surface area contributed by atoms with Crippen molar-refractivity contribution < 1.29 is 0 Å². The number of rotatable bonds is 5. The minimum atomic E-state index is 0.516. The third-order valence-corrected chi connectivity index (χ3v) is 3.75. The molecule has 1 heterocycles. The summed E-state index contributed by atoms with van der Waals surface area (Å²) in [6, 6.07) is 8.18. The van der Waals surface area contributed by atoms with Crippen LogP contribution >= 0.6 is 0 Å². The Bertz CT molecular complexity index is 438. The molecule has 110 valence electrons. The Hall–Kier alpha value is -1.55. The summed E-state index contributed by atoms with van der Waals surface area (Å²) in [4.78, 5) is 6.99. The van der Waals surface area contributed by atoms with Crippen molar-refractivity contribution in [2.75, 3.05) is 31.5 Å². The van der Waals surface area contributed by atoms with Crippen LogP contribution < -0.4 is 11.1 Å². The first kappa shape index (κ1) is 14.9. The molecular formula is C16H26N4. The molecule has 0 aromatic heterocycles. The first-order chi connectivity index (χ1) is 9.67. The first-order valence-corrected chi connectivity index (χ1v) is 7.53. The predicted octanol–water partition coefficient (Wildman–Crippen LogP) is 2.45. The summed E-state index contributed by atoms with van der Waals surface area (Å²) in [7, 11) is 0. The lowest BCUT2D eigenvalue weighted by Gasteiger charge is -2.13. The van der Waals surface area contributed by atoms with Gasteiger partial charge in [-0.15, -0.1) is 0 Å². The first-order valence-electron chi connectivity index (χ1n) is 7.53. The molecule has 1 unspecified atom stereocenters. The second-order valence-corrected chi connectivity index (χ2v) is 5.67. The maximum Gasteiger partial charge on any atom is 0.193 e. The predicted molar refractivity (Wildman–Crippen MR) is 86.1 cm³/mol. The van der Waals surface area contributed by atoms with Gasteiger partial charge in [0.05, 0.1) is 0 Å². The van der Waals surface area contributed by atoms with Crippen LogP contribution in [0.3, 0.4) is 0 Å². The average Bonchev–Trinajstić information content (AvgIpc) is 2.87. The molecule has 0 amide bonds. The van der Waals surface area contributed by atoms with E-state index >= 15 is 0 Å². The lowest BCUT2D eigenvalue weighted by atomic mass is 10.1. The van der Waals surface area contributed by atoms with E-state index in [1.54, 1.807) is 0 Å². The fourth-order valence-electron chi connectivity index (χ4n) is 2.63. The number of benzene rings is 1. The highest BCUT2D eigenvalue weighted by atomic mass is 15.2. The van der Waals surface area contributed by atoms with Crippen molar-refractivity contribution in [3.05, 3.63) is 29.8 Å². The monoisotopic (exact) mass is 274 g/mol. The lowest BCUT2D eigenvalue weighted by Crippen LogP contribution is -2.25. The Morgan fingerprint density at radius 2 is 2.15 bits per heavy atom. The Morgan fingerprint density at radius 3 is 2.85 bits per heavy atom. The van der Waals surface area contributed by atoms with Gasteiger partial charge >= 0.3 is 0 Å². The van der Waals surface area contributed by atoms with Gasteiger partial charge in [-0.05, 0) is 50.9 Å². The summed E-state index contributed by atoms with van der Waals surface area (Å²) < 4.78 is 0. The third-order valence-electron chi connectivity index (χ3n) is 3.75. The molecule has 0 spiro atoms. The SMILES string of the molecule is CCCN1CCC(CN=C(N)Nc2ccc(C)cc2)C1. The van der Waals surface area contributed by atoms with Crippen LogP contribution in [0.15, 0.2) is 29.3 Å². The number of nitrogens with zero attached hydrogens (tertiary/aromatic N) is 2. The molecule has 1 aliphatic rings. The molecule has 1 fully saturated rings. The molecule has 0 saturated carbocycles. The third kappa shape index (κ3) is 4.53. The number of anilines is 1. The molecule has 1 atom stereocenters. The Labute approximate surface area is 122 Å². The summed E-state index contributed by atoms with van der Waals surface area (Å²) in [5, 5.41) is 3.14. The summed E-state index contributed by atoms with van der Waals surface area (Å²) in [6.45, 7) is 8.70. The normalized spacial score (nSPS) is 20.3. The van der Waals surface area contributed by atoms with E-state index in [0.29, 0.717) is 11.9 Å². The molecule has 20 heavy (non-hydrogen) atoms. The van der Waals surface area contributed by atoms with Crippen molar-refractivity contribution in [2.45, 2.75) is 26.7 Å². The highest BCUT2D eigenvalue weighted by Crippen LogP contribution is 2.16. The fourth-order valence-corrected chi connectivity index (χ4v) is 2.63. The van der Waals surface area contributed by atoms with E-state index in [4.69, 9.17) is 5.73 Å². The van der Waals surface area contributed by atoms with Gasteiger partial charge in [0, 0.05) is 18.8 Å². The molecule has 4 nitrogen and oxygen atoms in total. The second-order valence-electron chi connectivity index (χ2n) is 5.67. The van der Waals surface area contributed by atoms with Crippen molar-refractivity contribution in [1.29, 1.82) is 0 Å². The van der Waals surface area contributed by atoms with E-state index in [1.165, 1.54) is 31.5 Å². The van der Waals surface area contributed by atoms with Gasteiger partial charge in [0.25, 0.3) is 0 Å². The van der Waals surface area contributed by atoms with Crippen LogP contribution in [0.2, 0.25) is 0 Å². The topological polar surface area (TPSA) is 53.6 Å². The quantitative estimate of drug-likeness (QED) is 0.640. The molecule has 1 aliphatic heterocycles. The van der Waals surface area contributed by atoms with E-state index < -0.39 is 0 Å². The largest absolute Gasteiger partial charge is 0.370 e. The van der Waals surface area contributed by atoms with Gasteiger partial charge in [-0.3, -0.25) is 4.99 Å². The summed E-state index contributed by atoms with van der Waals surface area (Å²) in [6.07, 6.45) is 2.47. The summed E-state index contributed by atoms with van der Waals surface area (Å²) >= 11 is 0. The van der Waals surface area contributed by atoms with Crippen molar-refractivity contribution in [2.24, 2.45) is 16.6 Å². The number of aliphatic imine (C=N–C) groups is 1. The van der Waals surface area contributed by atoms with Crippen LogP contribution in [-0.2, 0) is 0 Å². The number of likely N-dealkylation sites (tertiary alicyclic amines) is 1. The van der Waals surface area contributed by atoms with Gasteiger partial charge < -0.3 is 16.0 Å². The number of hydrogen-bond donors (Lipinski definition) is 2. The molecular weight excluding hydrogens is 248 g/mol. The minimum absolute atomic E-state index is 0.516. The fraction of sp³-hybridized carbons (Fsp3) is 0.562. The summed E-state index contributed by atoms with van der Waals surface area (Å²) in [5.41, 5.74) is 8.18. The van der Waals surface area contributed by atoms with Gasteiger partial charge in [-0.25, -0.2) is 0 Å². The number of hydrogen-bond acceptors (Lipinski definition) is 2. The number of nitrogens with one attached hydrogen (secondary N) is 1. The number of nitrogens with two attached hydrogens (primary N) is 1. The smallest absolute Gasteiger partial charge is 0.193 e. The molecule has 1 aromatic rings. The van der Waals surface area contributed by atoms with E-state index in [1.807, 2.05) is 12.1 Å². The summed E-state index contributed by atoms with van der Waals surface area (Å²) in [5.74, 6) is 1.17. The van der Waals surface area contributed by atoms with Gasteiger partial charge in [0.1, 0.15) is 0 Å². The Kier molecular flexibility index (Phi) is 5.41. The maximum absolute atomic E-state index is 5.94. The van der Waals surface area contributed by atoms with E-state index in [0.717, 1.165) is 18.8 Å². The average molecular weight is 274 g/mol. The molecule has 4 heteroatoms. The highest BCUT2D eigenvalue weighted by molar-refractivity contribution is 5.92.